The maximum atomic E-state index is 10.8. The van der Waals surface area contributed by atoms with E-state index in [2.05, 4.69) is 10.1 Å². The molecular formula is C6H9NO3. The molecule has 0 saturated heterocycles. The van der Waals surface area contributed by atoms with E-state index in [1.807, 2.05) is 0 Å². The summed E-state index contributed by atoms with van der Waals surface area (Å²) in [7, 11) is 0. The van der Waals surface area contributed by atoms with Crippen molar-refractivity contribution in [1.29, 1.82) is 0 Å². The standard InChI is InChI=1S/C6H9NO3/c1-2-9-6(8)5-3-7-4-10-5/h3,7H,2,4H2,1H3. The fourth-order valence-corrected chi connectivity index (χ4v) is 0.616. The van der Waals surface area contributed by atoms with Crippen LogP contribution < -0.4 is 5.32 Å². The highest BCUT2D eigenvalue weighted by molar-refractivity contribution is 5.86. The number of esters is 1. The molecule has 1 N–H and O–H groups in total. The molecule has 10 heavy (non-hydrogen) atoms. The Bertz CT molecular complexity index is 164. The van der Waals surface area contributed by atoms with E-state index in [0.29, 0.717) is 13.3 Å². The van der Waals surface area contributed by atoms with Gasteiger partial charge in [-0.05, 0) is 6.92 Å². The molecule has 0 saturated carbocycles. The van der Waals surface area contributed by atoms with Gasteiger partial charge in [-0.15, -0.1) is 0 Å². The highest BCUT2D eigenvalue weighted by Gasteiger charge is 2.14. The van der Waals surface area contributed by atoms with E-state index in [4.69, 9.17) is 4.74 Å². The largest absolute Gasteiger partial charge is 0.464 e. The van der Waals surface area contributed by atoms with Crippen LogP contribution in [-0.4, -0.2) is 19.3 Å². The molecule has 0 aromatic rings. The van der Waals surface area contributed by atoms with Gasteiger partial charge in [-0.25, -0.2) is 4.79 Å². The van der Waals surface area contributed by atoms with Gasteiger partial charge in [0.25, 0.3) is 0 Å². The van der Waals surface area contributed by atoms with Crippen LogP contribution in [0.15, 0.2) is 12.0 Å². The first-order valence-electron chi connectivity index (χ1n) is 3.08. The summed E-state index contributed by atoms with van der Waals surface area (Å²) in [5.74, 6) is -0.158. The minimum atomic E-state index is -0.410. The Kier molecular flexibility index (Phi) is 2.15. The molecule has 4 nitrogen and oxygen atoms in total. The maximum Gasteiger partial charge on any atom is 0.375 e. The SMILES string of the molecule is CCOC(=O)C1=CNCO1. The third-order valence-corrected chi connectivity index (χ3v) is 1.02. The molecule has 0 unspecified atom stereocenters. The lowest BCUT2D eigenvalue weighted by Crippen LogP contribution is -2.07. The van der Waals surface area contributed by atoms with E-state index in [1.54, 1.807) is 6.92 Å². The summed E-state index contributed by atoms with van der Waals surface area (Å²) < 4.78 is 9.50. The first-order valence-corrected chi connectivity index (χ1v) is 3.08. The smallest absolute Gasteiger partial charge is 0.375 e. The van der Waals surface area contributed by atoms with Gasteiger partial charge < -0.3 is 14.8 Å². The van der Waals surface area contributed by atoms with Crippen molar-refractivity contribution in [3.63, 3.8) is 0 Å². The average Bonchev–Trinajstić information content (AvgIpc) is 2.38. The molecule has 0 amide bonds. The molecule has 0 aromatic heterocycles. The lowest BCUT2D eigenvalue weighted by molar-refractivity contribution is -0.142. The van der Waals surface area contributed by atoms with Gasteiger partial charge in [0.15, 0.2) is 6.73 Å². The van der Waals surface area contributed by atoms with Crippen molar-refractivity contribution in [2.75, 3.05) is 13.3 Å². The van der Waals surface area contributed by atoms with Crippen molar-refractivity contribution in [2.45, 2.75) is 6.92 Å². The predicted octanol–water partition coefficient (Wildman–Crippen LogP) is -0.0318. The Balaban J connectivity index is 2.40. The highest BCUT2D eigenvalue weighted by Crippen LogP contribution is 2.02. The van der Waals surface area contributed by atoms with Gasteiger partial charge in [-0.3, -0.25) is 0 Å². The van der Waals surface area contributed by atoms with Crippen LogP contribution in [0.3, 0.4) is 0 Å². The van der Waals surface area contributed by atoms with Crippen molar-refractivity contribution in [3.8, 4) is 0 Å². The second-order valence-corrected chi connectivity index (χ2v) is 1.72. The number of carbonyl (C=O) groups is 1. The third-order valence-electron chi connectivity index (χ3n) is 1.02. The Morgan fingerprint density at radius 2 is 2.80 bits per heavy atom. The summed E-state index contributed by atoms with van der Waals surface area (Å²) in [4.78, 5) is 10.8. The molecular weight excluding hydrogens is 134 g/mol. The first-order chi connectivity index (χ1) is 4.84. The lowest BCUT2D eigenvalue weighted by Gasteiger charge is -2.00. The number of hydrogen-bond acceptors (Lipinski definition) is 4. The molecule has 4 heteroatoms. The highest BCUT2D eigenvalue weighted by atomic mass is 16.6. The Morgan fingerprint density at radius 1 is 2.00 bits per heavy atom. The molecule has 0 aliphatic carbocycles. The second-order valence-electron chi connectivity index (χ2n) is 1.72. The molecule has 0 bridgehead atoms. The quantitative estimate of drug-likeness (QED) is 0.551. The number of carbonyl (C=O) groups excluding carboxylic acids is 1. The van der Waals surface area contributed by atoms with Crippen molar-refractivity contribution < 1.29 is 14.3 Å². The maximum absolute atomic E-state index is 10.8. The molecule has 0 spiro atoms. The predicted molar refractivity (Wildman–Crippen MR) is 33.8 cm³/mol. The van der Waals surface area contributed by atoms with E-state index in [-0.39, 0.29) is 5.76 Å². The number of hydrogen-bond donors (Lipinski definition) is 1. The molecule has 0 fully saturated rings. The summed E-state index contributed by atoms with van der Waals surface area (Å²) in [6.07, 6.45) is 1.50. The summed E-state index contributed by atoms with van der Waals surface area (Å²) >= 11 is 0. The van der Waals surface area contributed by atoms with Crippen LogP contribution in [0.1, 0.15) is 6.92 Å². The fourth-order valence-electron chi connectivity index (χ4n) is 0.616. The van der Waals surface area contributed by atoms with Crippen molar-refractivity contribution in [1.82, 2.24) is 5.32 Å². The number of ether oxygens (including phenoxy) is 2. The van der Waals surface area contributed by atoms with Crippen molar-refractivity contribution in [3.05, 3.63) is 12.0 Å². The van der Waals surface area contributed by atoms with E-state index in [9.17, 15) is 4.79 Å². The zero-order valence-corrected chi connectivity index (χ0v) is 5.72. The van der Waals surface area contributed by atoms with Gasteiger partial charge in [0.2, 0.25) is 5.76 Å². The molecule has 0 atom stereocenters. The Morgan fingerprint density at radius 3 is 3.30 bits per heavy atom. The lowest BCUT2D eigenvalue weighted by atomic mass is 10.5. The molecule has 1 heterocycles. The monoisotopic (exact) mass is 143 g/mol. The number of rotatable bonds is 2. The van der Waals surface area contributed by atoms with Gasteiger partial charge >= 0.3 is 5.97 Å². The summed E-state index contributed by atoms with van der Waals surface area (Å²) in [6, 6.07) is 0. The van der Waals surface area contributed by atoms with Crippen LogP contribution in [0.2, 0.25) is 0 Å². The van der Waals surface area contributed by atoms with Gasteiger partial charge in [0.1, 0.15) is 0 Å². The minimum Gasteiger partial charge on any atom is -0.464 e. The summed E-state index contributed by atoms with van der Waals surface area (Å²) in [5, 5.41) is 2.73. The van der Waals surface area contributed by atoms with Crippen LogP contribution in [0, 0.1) is 0 Å². The van der Waals surface area contributed by atoms with Crippen molar-refractivity contribution >= 4 is 5.97 Å². The zero-order valence-electron chi connectivity index (χ0n) is 5.72. The van der Waals surface area contributed by atoms with Gasteiger partial charge in [0.05, 0.1) is 6.61 Å². The van der Waals surface area contributed by atoms with E-state index in [0.717, 1.165) is 0 Å². The second kappa shape index (κ2) is 3.10. The molecule has 1 rings (SSSR count). The van der Waals surface area contributed by atoms with Gasteiger partial charge in [0, 0.05) is 6.20 Å². The molecule has 1 aliphatic rings. The van der Waals surface area contributed by atoms with Gasteiger partial charge in [-0.2, -0.15) is 0 Å². The third kappa shape index (κ3) is 1.40. The van der Waals surface area contributed by atoms with Crippen molar-refractivity contribution in [2.24, 2.45) is 0 Å². The molecule has 56 valence electrons. The zero-order chi connectivity index (χ0) is 7.40. The van der Waals surface area contributed by atoms with Crippen LogP contribution in [-0.2, 0) is 14.3 Å². The van der Waals surface area contributed by atoms with E-state index < -0.39 is 5.97 Å². The number of nitrogens with one attached hydrogen (secondary N) is 1. The first kappa shape index (κ1) is 6.92. The van der Waals surface area contributed by atoms with Gasteiger partial charge in [-0.1, -0.05) is 0 Å². The van der Waals surface area contributed by atoms with Crippen LogP contribution >= 0.6 is 0 Å². The van der Waals surface area contributed by atoms with Crippen LogP contribution in [0.25, 0.3) is 0 Å². The van der Waals surface area contributed by atoms with E-state index >= 15 is 0 Å². The molecule has 0 radical (unpaired) electrons. The normalized spacial score (nSPS) is 15.1. The minimum absolute atomic E-state index is 0.252. The molecule has 1 aliphatic heterocycles. The van der Waals surface area contributed by atoms with Crippen LogP contribution in [0.4, 0.5) is 0 Å². The van der Waals surface area contributed by atoms with E-state index in [1.165, 1.54) is 6.20 Å². The van der Waals surface area contributed by atoms with Crippen LogP contribution in [0.5, 0.6) is 0 Å². The fraction of sp³-hybridized carbons (Fsp3) is 0.500. The summed E-state index contributed by atoms with van der Waals surface area (Å²) in [6.45, 7) is 2.48. The molecule has 0 aromatic carbocycles. The Labute approximate surface area is 58.8 Å². The Hall–Kier alpha value is -1.19. The topological polar surface area (TPSA) is 47.6 Å². The summed E-state index contributed by atoms with van der Waals surface area (Å²) in [5.41, 5.74) is 0. The average molecular weight is 143 g/mol.